The Balaban J connectivity index is 2.42. The number of hydrogen-bond acceptors (Lipinski definition) is 3. The molecule has 1 amide bonds. The fourth-order valence-electron chi connectivity index (χ4n) is 1.76. The summed E-state index contributed by atoms with van der Waals surface area (Å²) in [4.78, 5) is 11.8. The number of ether oxygens (including phenoxy) is 1. The van der Waals surface area contributed by atoms with Crippen molar-refractivity contribution in [2.24, 2.45) is 5.92 Å². The average molecular weight is 212 g/mol. The zero-order valence-electron chi connectivity index (χ0n) is 9.45. The highest BCUT2D eigenvalue weighted by Gasteiger charge is 2.33. The monoisotopic (exact) mass is 212 g/mol. The van der Waals surface area contributed by atoms with Gasteiger partial charge in [-0.25, -0.2) is 0 Å². The lowest BCUT2D eigenvalue weighted by atomic mass is 10.0. The molecule has 0 saturated carbocycles. The molecule has 0 bridgehead atoms. The molecule has 0 aromatic rings. The number of hydrogen-bond donors (Lipinski definition) is 2. The van der Waals surface area contributed by atoms with Crippen molar-refractivity contribution in [1.29, 1.82) is 0 Å². The summed E-state index contributed by atoms with van der Waals surface area (Å²) < 4.78 is 5.28. The molecule has 3 unspecified atom stereocenters. The molecule has 4 heteroatoms. The molecule has 3 atom stereocenters. The molecule has 4 nitrogen and oxygen atoms in total. The molecule has 1 saturated heterocycles. The summed E-state index contributed by atoms with van der Waals surface area (Å²) >= 11 is 0. The third-order valence-corrected chi connectivity index (χ3v) is 2.70. The number of rotatable bonds is 5. The molecule has 2 N–H and O–H groups in total. The fourth-order valence-corrected chi connectivity index (χ4v) is 1.76. The Morgan fingerprint density at radius 3 is 3.00 bits per heavy atom. The average Bonchev–Trinajstić information content (AvgIpc) is 2.65. The van der Waals surface area contributed by atoms with Gasteiger partial charge in [0.15, 0.2) is 0 Å². The van der Waals surface area contributed by atoms with Crippen LogP contribution >= 0.6 is 0 Å². The Kier molecular flexibility index (Phi) is 4.78. The second-order valence-corrected chi connectivity index (χ2v) is 3.97. The molecule has 1 heterocycles. The maximum absolute atomic E-state index is 11.8. The predicted octanol–water partition coefficient (Wildman–Crippen LogP) is 0.302. The van der Waals surface area contributed by atoms with Crippen molar-refractivity contribution in [3.63, 3.8) is 0 Å². The third-order valence-electron chi connectivity index (χ3n) is 2.70. The quantitative estimate of drug-likeness (QED) is 0.645. The normalized spacial score (nSPS) is 27.3. The summed E-state index contributed by atoms with van der Waals surface area (Å²) in [6.45, 7) is 6.75. The van der Waals surface area contributed by atoms with Gasteiger partial charge >= 0.3 is 0 Å². The maximum atomic E-state index is 11.8. The second-order valence-electron chi connectivity index (χ2n) is 3.97. The van der Waals surface area contributed by atoms with Crippen molar-refractivity contribution in [3.8, 4) is 0 Å². The largest absolute Gasteiger partial charge is 0.379 e. The van der Waals surface area contributed by atoms with Gasteiger partial charge in [0.1, 0.15) is 0 Å². The third kappa shape index (κ3) is 3.32. The van der Waals surface area contributed by atoms with Gasteiger partial charge in [-0.2, -0.15) is 0 Å². The van der Waals surface area contributed by atoms with Crippen molar-refractivity contribution in [3.05, 3.63) is 12.7 Å². The fraction of sp³-hybridized carbons (Fsp3) is 0.727. The first kappa shape index (κ1) is 12.2. The summed E-state index contributed by atoms with van der Waals surface area (Å²) in [5, 5.41) is 6.05. The number of carbonyl (C=O) groups is 1. The van der Waals surface area contributed by atoms with E-state index in [2.05, 4.69) is 17.2 Å². The highest BCUT2D eigenvalue weighted by Crippen LogP contribution is 2.13. The van der Waals surface area contributed by atoms with Crippen LogP contribution in [-0.4, -0.2) is 38.3 Å². The molecular formula is C11H20N2O2. The van der Waals surface area contributed by atoms with E-state index in [9.17, 15) is 4.79 Å². The molecule has 1 aliphatic heterocycles. The van der Waals surface area contributed by atoms with E-state index < -0.39 is 0 Å². The van der Waals surface area contributed by atoms with E-state index in [0.29, 0.717) is 13.2 Å². The van der Waals surface area contributed by atoms with E-state index in [-0.39, 0.29) is 23.9 Å². The molecule has 86 valence electrons. The summed E-state index contributed by atoms with van der Waals surface area (Å²) in [5.41, 5.74) is 0. The molecule has 0 aliphatic carbocycles. The van der Waals surface area contributed by atoms with Crippen LogP contribution in [0.3, 0.4) is 0 Å². The van der Waals surface area contributed by atoms with Crippen molar-refractivity contribution in [2.45, 2.75) is 25.4 Å². The molecule has 1 fully saturated rings. The van der Waals surface area contributed by atoms with Crippen LogP contribution in [0.1, 0.15) is 13.3 Å². The first-order valence-corrected chi connectivity index (χ1v) is 5.35. The first-order valence-electron chi connectivity index (χ1n) is 5.35. The van der Waals surface area contributed by atoms with Gasteiger partial charge in [-0.05, 0) is 20.4 Å². The Morgan fingerprint density at radius 2 is 2.40 bits per heavy atom. The van der Waals surface area contributed by atoms with Crippen LogP contribution in [0.25, 0.3) is 0 Å². The van der Waals surface area contributed by atoms with Crippen molar-refractivity contribution in [1.82, 2.24) is 10.6 Å². The zero-order valence-corrected chi connectivity index (χ0v) is 9.45. The van der Waals surface area contributed by atoms with E-state index in [1.807, 2.05) is 20.0 Å². The van der Waals surface area contributed by atoms with Crippen LogP contribution < -0.4 is 10.6 Å². The number of amides is 1. The molecule has 0 spiro atoms. The predicted molar refractivity (Wildman–Crippen MR) is 59.6 cm³/mol. The van der Waals surface area contributed by atoms with E-state index in [4.69, 9.17) is 4.74 Å². The Morgan fingerprint density at radius 1 is 1.67 bits per heavy atom. The van der Waals surface area contributed by atoms with Gasteiger partial charge in [-0.1, -0.05) is 6.08 Å². The molecule has 0 aromatic heterocycles. The molecule has 15 heavy (non-hydrogen) atoms. The SMILES string of the molecule is C=CCC(C)NC(=O)C1COCC1NC. The number of nitrogens with one attached hydrogen (secondary N) is 2. The topological polar surface area (TPSA) is 50.4 Å². The lowest BCUT2D eigenvalue weighted by Crippen LogP contribution is -2.45. The first-order chi connectivity index (χ1) is 7.19. The van der Waals surface area contributed by atoms with Gasteiger partial charge in [0.25, 0.3) is 0 Å². The van der Waals surface area contributed by atoms with E-state index in [0.717, 1.165) is 6.42 Å². The number of carbonyl (C=O) groups excluding carboxylic acids is 1. The highest BCUT2D eigenvalue weighted by molar-refractivity contribution is 5.80. The smallest absolute Gasteiger partial charge is 0.227 e. The Labute approximate surface area is 91.1 Å². The molecule has 1 aliphatic rings. The van der Waals surface area contributed by atoms with Crippen molar-refractivity contribution < 1.29 is 9.53 Å². The zero-order chi connectivity index (χ0) is 11.3. The summed E-state index contributed by atoms with van der Waals surface area (Å²) in [6, 6.07) is 0.286. The molecule has 1 rings (SSSR count). The van der Waals surface area contributed by atoms with E-state index in [1.165, 1.54) is 0 Å². The Bertz CT molecular complexity index is 231. The second kappa shape index (κ2) is 5.88. The molecular weight excluding hydrogens is 192 g/mol. The van der Waals surface area contributed by atoms with Crippen LogP contribution in [0.4, 0.5) is 0 Å². The Hall–Kier alpha value is -0.870. The minimum absolute atomic E-state index is 0.0673. The van der Waals surface area contributed by atoms with Gasteiger partial charge in [0.05, 0.1) is 19.1 Å². The van der Waals surface area contributed by atoms with Crippen LogP contribution in [0.2, 0.25) is 0 Å². The van der Waals surface area contributed by atoms with Gasteiger partial charge in [-0.3, -0.25) is 4.79 Å². The van der Waals surface area contributed by atoms with Gasteiger partial charge in [-0.15, -0.1) is 6.58 Å². The van der Waals surface area contributed by atoms with Crippen LogP contribution in [0, 0.1) is 5.92 Å². The van der Waals surface area contributed by atoms with E-state index in [1.54, 1.807) is 0 Å². The van der Waals surface area contributed by atoms with Crippen molar-refractivity contribution in [2.75, 3.05) is 20.3 Å². The van der Waals surface area contributed by atoms with Crippen molar-refractivity contribution >= 4 is 5.91 Å². The van der Waals surface area contributed by atoms with E-state index >= 15 is 0 Å². The summed E-state index contributed by atoms with van der Waals surface area (Å²) in [7, 11) is 1.85. The lowest BCUT2D eigenvalue weighted by molar-refractivity contribution is -0.126. The highest BCUT2D eigenvalue weighted by atomic mass is 16.5. The van der Waals surface area contributed by atoms with Crippen LogP contribution in [0.15, 0.2) is 12.7 Å². The minimum atomic E-state index is -0.0673. The lowest BCUT2D eigenvalue weighted by Gasteiger charge is -2.19. The molecule has 0 aromatic carbocycles. The van der Waals surface area contributed by atoms with Crippen LogP contribution in [0.5, 0.6) is 0 Å². The molecule has 0 radical (unpaired) electrons. The number of likely N-dealkylation sites (N-methyl/N-ethyl adjacent to an activating group) is 1. The van der Waals surface area contributed by atoms with Crippen LogP contribution in [-0.2, 0) is 9.53 Å². The van der Waals surface area contributed by atoms with Gasteiger partial charge < -0.3 is 15.4 Å². The van der Waals surface area contributed by atoms with Gasteiger partial charge in [0.2, 0.25) is 5.91 Å². The minimum Gasteiger partial charge on any atom is -0.379 e. The summed E-state index contributed by atoms with van der Waals surface area (Å²) in [6.07, 6.45) is 2.61. The summed E-state index contributed by atoms with van der Waals surface area (Å²) in [5.74, 6) is 0.00321. The van der Waals surface area contributed by atoms with Gasteiger partial charge in [0, 0.05) is 12.1 Å². The standard InChI is InChI=1S/C11H20N2O2/c1-4-5-8(2)13-11(14)9-6-15-7-10(9)12-3/h4,8-10,12H,1,5-7H2,2-3H3,(H,13,14). The maximum Gasteiger partial charge on any atom is 0.227 e.